The molecule has 0 amide bonds. The molecule has 17 heavy (non-hydrogen) atoms. The minimum Gasteiger partial charge on any atom is -0.356 e. The maximum Gasteiger partial charge on any atom is 0.164 e. The average Bonchev–Trinajstić information content (AvgIpc) is 2.63. The van der Waals surface area contributed by atoms with Gasteiger partial charge in [0.05, 0.1) is 6.54 Å². The van der Waals surface area contributed by atoms with Crippen LogP contribution in [0.15, 0.2) is 4.99 Å². The van der Waals surface area contributed by atoms with Crippen molar-refractivity contribution in [3.8, 4) is 0 Å². The third-order valence-electron chi connectivity index (χ3n) is 3.52. The first-order chi connectivity index (χ1) is 8.09. The predicted octanol–water partition coefficient (Wildman–Crippen LogP) is 1.11. The average molecular weight is 241 g/mol. The van der Waals surface area contributed by atoms with E-state index >= 15 is 0 Å². The molecule has 0 aliphatic carbocycles. The van der Waals surface area contributed by atoms with Gasteiger partial charge >= 0.3 is 0 Å². The highest BCUT2D eigenvalue weighted by atomic mass is 16.8. The van der Waals surface area contributed by atoms with E-state index in [4.69, 9.17) is 18.9 Å². The summed E-state index contributed by atoms with van der Waals surface area (Å²) in [5, 5.41) is 0. The summed E-state index contributed by atoms with van der Waals surface area (Å²) < 4.78 is 22.9. The number of rotatable bonds is 1. The van der Waals surface area contributed by atoms with Crippen molar-refractivity contribution < 1.29 is 18.9 Å². The van der Waals surface area contributed by atoms with E-state index in [1.165, 1.54) is 0 Å². The van der Waals surface area contributed by atoms with Gasteiger partial charge in [-0.25, -0.2) is 0 Å². The Hall–Kier alpha value is -0.490. The van der Waals surface area contributed by atoms with Crippen molar-refractivity contribution in [2.75, 3.05) is 13.7 Å². The second-order valence-electron chi connectivity index (χ2n) is 5.23. The molecule has 5 heteroatoms. The van der Waals surface area contributed by atoms with E-state index in [-0.39, 0.29) is 24.6 Å². The number of hydrogen-bond donors (Lipinski definition) is 0. The molecule has 5 nitrogen and oxygen atoms in total. The molecule has 2 fully saturated rings. The van der Waals surface area contributed by atoms with E-state index in [1.807, 2.05) is 13.8 Å². The largest absolute Gasteiger partial charge is 0.356 e. The fraction of sp³-hybridized carbons (Fsp3) is 0.917. The molecule has 4 atom stereocenters. The Morgan fingerprint density at radius 2 is 2.18 bits per heavy atom. The van der Waals surface area contributed by atoms with Crippen LogP contribution in [0.25, 0.3) is 0 Å². The molecule has 0 aromatic heterocycles. The van der Waals surface area contributed by atoms with E-state index in [9.17, 15) is 0 Å². The van der Waals surface area contributed by atoms with Gasteiger partial charge in [-0.2, -0.15) is 0 Å². The van der Waals surface area contributed by atoms with E-state index in [0.29, 0.717) is 6.54 Å². The Balaban J connectivity index is 1.80. The highest BCUT2D eigenvalue weighted by Gasteiger charge is 2.50. The van der Waals surface area contributed by atoms with E-state index < -0.39 is 5.79 Å². The first kappa shape index (κ1) is 11.6. The van der Waals surface area contributed by atoms with E-state index in [2.05, 4.69) is 4.99 Å². The van der Waals surface area contributed by atoms with Crippen molar-refractivity contribution in [1.29, 1.82) is 0 Å². The van der Waals surface area contributed by atoms with Gasteiger partial charge in [-0.3, -0.25) is 4.99 Å². The molecule has 3 aliphatic heterocycles. The van der Waals surface area contributed by atoms with E-state index in [1.54, 1.807) is 7.11 Å². The van der Waals surface area contributed by atoms with Crippen LogP contribution in [0.1, 0.15) is 26.7 Å². The lowest BCUT2D eigenvalue weighted by Crippen LogP contribution is -2.51. The number of hydrogen-bond acceptors (Lipinski definition) is 5. The predicted molar refractivity (Wildman–Crippen MR) is 61.0 cm³/mol. The molecule has 0 unspecified atom stereocenters. The Morgan fingerprint density at radius 3 is 2.94 bits per heavy atom. The fourth-order valence-corrected chi connectivity index (χ4v) is 2.80. The first-order valence-corrected chi connectivity index (χ1v) is 6.16. The molecule has 0 spiro atoms. The Bertz CT molecular complexity index is 341. The second-order valence-corrected chi connectivity index (χ2v) is 5.23. The van der Waals surface area contributed by atoms with Crippen LogP contribution in [-0.2, 0) is 18.9 Å². The zero-order valence-electron chi connectivity index (χ0n) is 10.5. The lowest BCUT2D eigenvalue weighted by molar-refractivity contribution is -0.192. The Kier molecular flexibility index (Phi) is 2.74. The first-order valence-electron chi connectivity index (χ1n) is 6.16. The van der Waals surface area contributed by atoms with Gasteiger partial charge in [-0.1, -0.05) is 0 Å². The van der Waals surface area contributed by atoms with Crippen LogP contribution in [0.4, 0.5) is 0 Å². The summed E-state index contributed by atoms with van der Waals surface area (Å²) >= 11 is 0. The normalized spacial score (nSPS) is 43.8. The summed E-state index contributed by atoms with van der Waals surface area (Å²) in [5.74, 6) is -0.538. The Morgan fingerprint density at radius 1 is 1.35 bits per heavy atom. The number of nitrogens with zero attached hydrogens (tertiary/aromatic N) is 1. The third kappa shape index (κ3) is 2.01. The summed E-state index contributed by atoms with van der Waals surface area (Å²) in [5.41, 5.74) is 1.10. The SMILES string of the molecule is CO[C@@H]1CCC2=NC[C@@H]3OC(C)(C)O[C@H]3[C@H]2O1. The minimum atomic E-state index is -0.538. The standard InChI is InChI=1S/C12H19NO4/c1-12(2)16-8-6-13-7-4-5-9(14-3)15-10(7)11(8)17-12/h8-11H,4-6H2,1-3H3/t8-,9-,10-,11+/m0/s1. The molecule has 3 heterocycles. The molecule has 0 radical (unpaired) electrons. The molecular weight excluding hydrogens is 222 g/mol. The van der Waals surface area contributed by atoms with Gasteiger partial charge < -0.3 is 18.9 Å². The van der Waals surface area contributed by atoms with Crippen LogP contribution in [0.3, 0.4) is 0 Å². The van der Waals surface area contributed by atoms with Crippen molar-refractivity contribution in [3.05, 3.63) is 0 Å². The molecule has 0 saturated carbocycles. The molecule has 2 saturated heterocycles. The van der Waals surface area contributed by atoms with E-state index in [0.717, 1.165) is 18.6 Å². The summed E-state index contributed by atoms with van der Waals surface area (Å²) in [4.78, 5) is 4.56. The highest BCUT2D eigenvalue weighted by Crippen LogP contribution is 2.36. The van der Waals surface area contributed by atoms with Crippen molar-refractivity contribution in [3.63, 3.8) is 0 Å². The monoisotopic (exact) mass is 241 g/mol. The molecule has 0 bridgehead atoms. The molecule has 96 valence electrons. The number of methoxy groups -OCH3 is 1. The van der Waals surface area contributed by atoms with Gasteiger partial charge in [-0.15, -0.1) is 0 Å². The van der Waals surface area contributed by atoms with Crippen LogP contribution in [-0.4, -0.2) is 49.8 Å². The van der Waals surface area contributed by atoms with Gasteiger partial charge in [0.1, 0.15) is 18.3 Å². The van der Waals surface area contributed by atoms with Crippen LogP contribution >= 0.6 is 0 Å². The molecule has 3 aliphatic rings. The summed E-state index contributed by atoms with van der Waals surface area (Å²) in [6.45, 7) is 4.55. The fourth-order valence-electron chi connectivity index (χ4n) is 2.80. The Labute approximate surface area is 101 Å². The highest BCUT2D eigenvalue weighted by molar-refractivity contribution is 5.90. The van der Waals surface area contributed by atoms with Crippen molar-refractivity contribution in [2.24, 2.45) is 4.99 Å². The van der Waals surface area contributed by atoms with Gasteiger partial charge in [0.15, 0.2) is 12.1 Å². The van der Waals surface area contributed by atoms with Gasteiger partial charge in [0, 0.05) is 19.2 Å². The molecule has 0 N–H and O–H groups in total. The summed E-state index contributed by atoms with van der Waals surface area (Å²) in [6.07, 6.45) is 1.51. The molecule has 0 aromatic carbocycles. The number of ether oxygens (including phenoxy) is 4. The number of aliphatic imine (C=N–C) groups is 1. The van der Waals surface area contributed by atoms with Gasteiger partial charge in [0.25, 0.3) is 0 Å². The number of fused-ring (bicyclic) bond motifs is 3. The zero-order valence-corrected chi connectivity index (χ0v) is 10.5. The molecule has 0 aromatic rings. The third-order valence-corrected chi connectivity index (χ3v) is 3.52. The lowest BCUT2D eigenvalue weighted by atomic mass is 9.94. The zero-order chi connectivity index (χ0) is 12.0. The van der Waals surface area contributed by atoms with Crippen LogP contribution in [0.5, 0.6) is 0 Å². The topological polar surface area (TPSA) is 49.3 Å². The van der Waals surface area contributed by atoms with Crippen molar-refractivity contribution in [2.45, 2.75) is 57.1 Å². The summed E-state index contributed by atoms with van der Waals surface area (Å²) in [6, 6.07) is 0. The summed E-state index contributed by atoms with van der Waals surface area (Å²) in [7, 11) is 1.67. The van der Waals surface area contributed by atoms with Crippen LogP contribution in [0, 0.1) is 0 Å². The van der Waals surface area contributed by atoms with Gasteiger partial charge in [-0.05, 0) is 20.3 Å². The quantitative estimate of drug-likeness (QED) is 0.690. The van der Waals surface area contributed by atoms with Crippen LogP contribution < -0.4 is 0 Å². The minimum absolute atomic E-state index is 0.00866. The lowest BCUT2D eigenvalue weighted by Gasteiger charge is -2.37. The van der Waals surface area contributed by atoms with Gasteiger partial charge in [0.2, 0.25) is 0 Å². The van der Waals surface area contributed by atoms with Crippen LogP contribution in [0.2, 0.25) is 0 Å². The molecular formula is C12H19NO4. The van der Waals surface area contributed by atoms with Crippen molar-refractivity contribution in [1.82, 2.24) is 0 Å². The second kappa shape index (κ2) is 4.02. The smallest absolute Gasteiger partial charge is 0.164 e. The van der Waals surface area contributed by atoms with Crippen molar-refractivity contribution >= 4 is 5.71 Å². The molecule has 3 rings (SSSR count). The maximum atomic E-state index is 5.93. The maximum absolute atomic E-state index is 5.93.